The van der Waals surface area contributed by atoms with Gasteiger partial charge >= 0.3 is 6.03 Å². The van der Waals surface area contributed by atoms with E-state index in [9.17, 15) is 4.79 Å². The highest BCUT2D eigenvalue weighted by Crippen LogP contribution is 2.27. The summed E-state index contributed by atoms with van der Waals surface area (Å²) in [6, 6.07) is -0.0594. The number of rotatable bonds is 4. The first-order valence-electron chi connectivity index (χ1n) is 8.39. The number of urea groups is 1. The number of imidazole rings is 1. The highest BCUT2D eigenvalue weighted by molar-refractivity contribution is 5.74. The van der Waals surface area contributed by atoms with Crippen molar-refractivity contribution in [2.24, 2.45) is 0 Å². The number of hydrogen-bond acceptors (Lipinski definition) is 5. The fraction of sp³-hybridized carbons (Fsp3) is 0.625. The number of carbonyl (C=O) groups is 1. The lowest BCUT2D eigenvalue weighted by Crippen LogP contribution is -2.44. The normalized spacial score (nSPS) is 15.9. The Morgan fingerprint density at radius 2 is 2.21 bits per heavy atom. The molecule has 0 aromatic carbocycles. The Hall–Kier alpha value is -2.38. The van der Waals surface area contributed by atoms with Gasteiger partial charge in [-0.15, -0.1) is 0 Å². The maximum Gasteiger partial charge on any atom is 0.317 e. The maximum atomic E-state index is 12.2. The smallest absolute Gasteiger partial charge is 0.317 e. The minimum atomic E-state index is -0.0594. The molecule has 3 rings (SSSR count). The number of amides is 2. The summed E-state index contributed by atoms with van der Waals surface area (Å²) in [6.45, 7) is 7.81. The summed E-state index contributed by atoms with van der Waals surface area (Å²) in [5.74, 6) is 2.71. The second kappa shape index (κ2) is 7.02. The summed E-state index contributed by atoms with van der Waals surface area (Å²) in [5, 5.41) is 6.92. The third-order valence-electron chi connectivity index (χ3n) is 4.27. The van der Waals surface area contributed by atoms with E-state index in [-0.39, 0.29) is 17.9 Å². The summed E-state index contributed by atoms with van der Waals surface area (Å²) >= 11 is 0. The van der Waals surface area contributed by atoms with Crippen LogP contribution < -0.4 is 5.32 Å². The molecule has 2 amide bonds. The second-order valence-electron chi connectivity index (χ2n) is 6.58. The number of nitrogens with zero attached hydrogens (tertiary/aromatic N) is 4. The molecule has 0 radical (unpaired) electrons. The van der Waals surface area contributed by atoms with Crippen molar-refractivity contribution in [2.75, 3.05) is 13.1 Å². The van der Waals surface area contributed by atoms with Crippen LogP contribution in [0.3, 0.4) is 0 Å². The standard InChI is InChI=1S/C16H24N6O2/c1-10(2)14-20-15(24-21-14)12-4-6-22(7-5-12)16(23)18-9-13-17-8-11(3)19-13/h8,10,12H,4-7,9H2,1-3H3,(H,17,19)(H,18,23). The van der Waals surface area contributed by atoms with Crippen molar-refractivity contribution in [3.05, 3.63) is 29.4 Å². The molecule has 0 saturated carbocycles. The number of H-pyrrole nitrogens is 1. The average molecular weight is 332 g/mol. The van der Waals surface area contributed by atoms with Gasteiger partial charge < -0.3 is 19.7 Å². The minimum absolute atomic E-state index is 0.0594. The first kappa shape index (κ1) is 16.5. The summed E-state index contributed by atoms with van der Waals surface area (Å²) in [4.78, 5) is 25.8. The first-order chi connectivity index (χ1) is 11.5. The molecular weight excluding hydrogens is 308 g/mol. The topological polar surface area (TPSA) is 99.9 Å². The van der Waals surface area contributed by atoms with Gasteiger partial charge in [-0.25, -0.2) is 9.78 Å². The zero-order valence-corrected chi connectivity index (χ0v) is 14.4. The van der Waals surface area contributed by atoms with E-state index >= 15 is 0 Å². The van der Waals surface area contributed by atoms with Crippen LogP contribution in [0.25, 0.3) is 0 Å². The van der Waals surface area contributed by atoms with E-state index in [4.69, 9.17) is 4.52 Å². The molecule has 1 fully saturated rings. The summed E-state index contributed by atoms with van der Waals surface area (Å²) in [6.07, 6.45) is 3.43. The minimum Gasteiger partial charge on any atom is -0.345 e. The highest BCUT2D eigenvalue weighted by atomic mass is 16.5. The van der Waals surface area contributed by atoms with E-state index in [1.165, 1.54) is 0 Å². The van der Waals surface area contributed by atoms with Crippen molar-refractivity contribution in [2.45, 2.75) is 52.0 Å². The Bertz CT molecular complexity index is 684. The Labute approximate surface area is 141 Å². The number of carbonyl (C=O) groups excluding carboxylic acids is 1. The van der Waals surface area contributed by atoms with E-state index in [2.05, 4.69) is 25.4 Å². The Morgan fingerprint density at radius 3 is 2.79 bits per heavy atom. The second-order valence-corrected chi connectivity index (χ2v) is 6.58. The first-order valence-corrected chi connectivity index (χ1v) is 8.39. The van der Waals surface area contributed by atoms with Crippen LogP contribution in [0.4, 0.5) is 4.79 Å². The van der Waals surface area contributed by atoms with E-state index in [1.54, 1.807) is 6.20 Å². The van der Waals surface area contributed by atoms with E-state index in [0.717, 1.165) is 30.2 Å². The molecule has 1 aliphatic heterocycles. The number of nitrogens with one attached hydrogen (secondary N) is 2. The third-order valence-corrected chi connectivity index (χ3v) is 4.27. The van der Waals surface area contributed by atoms with Crippen LogP contribution in [0.1, 0.15) is 61.8 Å². The summed E-state index contributed by atoms with van der Waals surface area (Å²) in [5.41, 5.74) is 0.986. The van der Waals surface area contributed by atoms with E-state index in [0.29, 0.717) is 25.5 Å². The largest absolute Gasteiger partial charge is 0.345 e. The van der Waals surface area contributed by atoms with Crippen LogP contribution in [-0.2, 0) is 6.54 Å². The van der Waals surface area contributed by atoms with Crippen molar-refractivity contribution in [1.82, 2.24) is 30.3 Å². The van der Waals surface area contributed by atoms with Gasteiger partial charge in [-0.1, -0.05) is 19.0 Å². The monoisotopic (exact) mass is 332 g/mol. The molecule has 0 spiro atoms. The molecule has 0 atom stereocenters. The number of likely N-dealkylation sites (tertiary alicyclic amines) is 1. The highest BCUT2D eigenvalue weighted by Gasteiger charge is 2.27. The van der Waals surface area contributed by atoms with Crippen LogP contribution in [0.5, 0.6) is 0 Å². The summed E-state index contributed by atoms with van der Waals surface area (Å²) < 4.78 is 5.38. The van der Waals surface area contributed by atoms with Crippen LogP contribution in [0.15, 0.2) is 10.7 Å². The van der Waals surface area contributed by atoms with Gasteiger partial charge in [-0.05, 0) is 19.8 Å². The van der Waals surface area contributed by atoms with Crippen LogP contribution >= 0.6 is 0 Å². The fourth-order valence-corrected chi connectivity index (χ4v) is 2.80. The molecule has 3 heterocycles. The molecular formula is C16H24N6O2. The van der Waals surface area contributed by atoms with Crippen molar-refractivity contribution >= 4 is 6.03 Å². The molecule has 2 aromatic rings. The van der Waals surface area contributed by atoms with Gasteiger partial charge in [0.15, 0.2) is 5.82 Å². The van der Waals surface area contributed by atoms with Gasteiger partial charge in [0.05, 0.1) is 6.54 Å². The molecule has 130 valence electrons. The number of aromatic amines is 1. The lowest BCUT2D eigenvalue weighted by atomic mass is 9.97. The van der Waals surface area contributed by atoms with Gasteiger partial charge in [0.1, 0.15) is 5.82 Å². The predicted molar refractivity (Wildman–Crippen MR) is 87.5 cm³/mol. The Balaban J connectivity index is 1.48. The number of aromatic nitrogens is 4. The molecule has 24 heavy (non-hydrogen) atoms. The van der Waals surface area contributed by atoms with E-state index < -0.39 is 0 Å². The van der Waals surface area contributed by atoms with Crippen LogP contribution in [0.2, 0.25) is 0 Å². The molecule has 2 N–H and O–H groups in total. The molecule has 0 aliphatic carbocycles. The number of aryl methyl sites for hydroxylation is 1. The van der Waals surface area contributed by atoms with E-state index in [1.807, 2.05) is 25.7 Å². The molecule has 1 aliphatic rings. The lowest BCUT2D eigenvalue weighted by molar-refractivity contribution is 0.174. The Morgan fingerprint density at radius 1 is 1.46 bits per heavy atom. The van der Waals surface area contributed by atoms with Crippen molar-refractivity contribution in [3.63, 3.8) is 0 Å². The molecule has 8 nitrogen and oxygen atoms in total. The zero-order valence-electron chi connectivity index (χ0n) is 14.4. The van der Waals surface area contributed by atoms with Gasteiger partial charge in [0.25, 0.3) is 0 Å². The molecule has 8 heteroatoms. The van der Waals surface area contributed by atoms with Gasteiger partial charge in [-0.2, -0.15) is 4.98 Å². The van der Waals surface area contributed by atoms with Gasteiger partial charge in [-0.3, -0.25) is 0 Å². The number of hydrogen-bond donors (Lipinski definition) is 2. The van der Waals surface area contributed by atoms with Crippen molar-refractivity contribution in [1.29, 1.82) is 0 Å². The lowest BCUT2D eigenvalue weighted by Gasteiger charge is -2.30. The molecule has 0 unspecified atom stereocenters. The maximum absolute atomic E-state index is 12.2. The molecule has 1 saturated heterocycles. The molecule has 2 aromatic heterocycles. The number of piperidine rings is 1. The third kappa shape index (κ3) is 3.74. The molecule has 0 bridgehead atoms. The quantitative estimate of drug-likeness (QED) is 0.895. The fourth-order valence-electron chi connectivity index (χ4n) is 2.80. The summed E-state index contributed by atoms with van der Waals surface area (Å²) in [7, 11) is 0. The zero-order chi connectivity index (χ0) is 17.1. The van der Waals surface area contributed by atoms with Crippen LogP contribution in [0, 0.1) is 6.92 Å². The SMILES string of the molecule is Cc1cnc(CNC(=O)N2CCC(c3nc(C(C)C)no3)CC2)[nH]1. The average Bonchev–Trinajstić information content (AvgIpc) is 3.22. The van der Waals surface area contributed by atoms with Crippen LogP contribution in [-0.4, -0.2) is 44.1 Å². The van der Waals surface area contributed by atoms with Gasteiger partial charge in [0.2, 0.25) is 5.89 Å². The predicted octanol–water partition coefficient (Wildman–Crippen LogP) is 2.31. The van der Waals surface area contributed by atoms with Crippen molar-refractivity contribution < 1.29 is 9.32 Å². The Kier molecular flexibility index (Phi) is 4.82. The van der Waals surface area contributed by atoms with Crippen molar-refractivity contribution in [3.8, 4) is 0 Å². The van der Waals surface area contributed by atoms with Gasteiger partial charge in [0, 0.05) is 36.8 Å².